The Balaban J connectivity index is 2.37. The highest BCUT2D eigenvalue weighted by Gasteiger charge is 2.18. The minimum atomic E-state index is -3.71. The molecule has 0 aliphatic heterocycles. The Labute approximate surface area is 132 Å². The first kappa shape index (κ1) is 14.8. The molecular formula is C11H7Br2ClN2O2S. The highest BCUT2D eigenvalue weighted by Crippen LogP contribution is 2.27. The fourth-order valence-corrected chi connectivity index (χ4v) is 3.94. The van der Waals surface area contributed by atoms with Crippen LogP contribution in [-0.2, 0) is 10.0 Å². The van der Waals surface area contributed by atoms with E-state index in [9.17, 15) is 8.42 Å². The normalized spacial score (nSPS) is 11.3. The number of rotatable bonds is 3. The minimum Gasteiger partial charge on any atom is -0.263 e. The van der Waals surface area contributed by atoms with Crippen LogP contribution in [0.2, 0.25) is 5.02 Å². The van der Waals surface area contributed by atoms with Crippen molar-refractivity contribution in [2.24, 2.45) is 0 Å². The van der Waals surface area contributed by atoms with Gasteiger partial charge in [-0.3, -0.25) is 4.72 Å². The molecule has 1 heterocycles. The van der Waals surface area contributed by atoms with Crippen molar-refractivity contribution in [2.75, 3.05) is 4.72 Å². The quantitative estimate of drug-likeness (QED) is 0.805. The van der Waals surface area contributed by atoms with Crippen LogP contribution in [0.4, 0.5) is 5.82 Å². The Morgan fingerprint density at radius 2 is 1.89 bits per heavy atom. The largest absolute Gasteiger partial charge is 0.264 e. The molecular weight excluding hydrogens is 419 g/mol. The average Bonchev–Trinajstić information content (AvgIpc) is 2.35. The number of aromatic nitrogens is 1. The summed E-state index contributed by atoms with van der Waals surface area (Å²) in [4.78, 5) is 4.02. The fraction of sp³-hybridized carbons (Fsp3) is 0. The van der Waals surface area contributed by atoms with E-state index in [2.05, 4.69) is 41.6 Å². The molecule has 0 spiro atoms. The van der Waals surface area contributed by atoms with Crippen molar-refractivity contribution in [3.05, 3.63) is 50.5 Å². The molecule has 0 unspecified atom stereocenters. The van der Waals surface area contributed by atoms with Crippen LogP contribution in [0.3, 0.4) is 0 Å². The average molecular weight is 427 g/mol. The Kier molecular flexibility index (Phi) is 4.50. The van der Waals surface area contributed by atoms with Crippen LogP contribution < -0.4 is 4.72 Å². The first-order valence-corrected chi connectivity index (χ1v) is 8.42. The van der Waals surface area contributed by atoms with E-state index in [1.54, 1.807) is 18.2 Å². The molecule has 0 bridgehead atoms. The van der Waals surface area contributed by atoms with Crippen LogP contribution >= 0.6 is 43.5 Å². The van der Waals surface area contributed by atoms with E-state index in [1.807, 2.05) is 0 Å². The van der Waals surface area contributed by atoms with Crippen LogP contribution in [0, 0.1) is 0 Å². The summed E-state index contributed by atoms with van der Waals surface area (Å²) in [6, 6.07) is 7.94. The van der Waals surface area contributed by atoms with E-state index in [-0.39, 0.29) is 10.7 Å². The summed E-state index contributed by atoms with van der Waals surface area (Å²) in [5, 5.41) is 0.437. The van der Waals surface area contributed by atoms with Gasteiger partial charge in [0.1, 0.15) is 10.7 Å². The van der Waals surface area contributed by atoms with E-state index in [1.165, 1.54) is 18.3 Å². The molecule has 0 amide bonds. The molecule has 19 heavy (non-hydrogen) atoms. The maximum absolute atomic E-state index is 12.2. The number of halogens is 3. The Hall–Kier alpha value is -0.630. The van der Waals surface area contributed by atoms with Gasteiger partial charge in [-0.05, 0) is 46.3 Å². The number of sulfonamides is 1. The molecule has 0 saturated carbocycles. The van der Waals surface area contributed by atoms with Crippen molar-refractivity contribution < 1.29 is 8.42 Å². The molecule has 2 aromatic rings. The van der Waals surface area contributed by atoms with Crippen molar-refractivity contribution in [3.8, 4) is 0 Å². The van der Waals surface area contributed by atoms with Gasteiger partial charge in [0.2, 0.25) is 0 Å². The predicted molar refractivity (Wildman–Crippen MR) is 81.9 cm³/mol. The number of nitrogens with one attached hydrogen (secondary N) is 1. The fourth-order valence-electron chi connectivity index (χ4n) is 1.31. The summed E-state index contributed by atoms with van der Waals surface area (Å²) >= 11 is 12.1. The number of pyridine rings is 1. The predicted octanol–water partition coefficient (Wildman–Crippen LogP) is 4.06. The second-order valence-electron chi connectivity index (χ2n) is 3.54. The van der Waals surface area contributed by atoms with E-state index in [0.717, 1.165) is 0 Å². The summed E-state index contributed by atoms with van der Waals surface area (Å²) in [6.07, 6.45) is 1.37. The van der Waals surface area contributed by atoms with Gasteiger partial charge in [-0.1, -0.05) is 27.5 Å². The van der Waals surface area contributed by atoms with Gasteiger partial charge in [0.15, 0.2) is 0 Å². The Bertz CT molecular complexity index is 705. The van der Waals surface area contributed by atoms with Crippen LogP contribution in [0.25, 0.3) is 0 Å². The monoisotopic (exact) mass is 424 g/mol. The van der Waals surface area contributed by atoms with E-state index in [0.29, 0.717) is 14.0 Å². The third-order valence-corrected chi connectivity index (χ3v) is 5.21. The zero-order valence-corrected chi connectivity index (χ0v) is 14.0. The van der Waals surface area contributed by atoms with Gasteiger partial charge >= 0.3 is 0 Å². The number of benzene rings is 1. The van der Waals surface area contributed by atoms with Crippen molar-refractivity contribution in [1.82, 2.24) is 4.98 Å². The van der Waals surface area contributed by atoms with E-state index in [4.69, 9.17) is 11.6 Å². The molecule has 0 aliphatic carbocycles. The SMILES string of the molecule is O=S(=O)(Nc1ccc(Cl)cn1)c1cc(Br)ccc1Br. The van der Waals surface area contributed by atoms with E-state index >= 15 is 0 Å². The molecule has 2 rings (SSSR count). The lowest BCUT2D eigenvalue weighted by Gasteiger charge is -2.09. The minimum absolute atomic E-state index is 0.124. The number of nitrogens with zero attached hydrogens (tertiary/aromatic N) is 1. The maximum Gasteiger partial charge on any atom is 0.264 e. The summed E-state index contributed by atoms with van der Waals surface area (Å²) in [5.74, 6) is 0.205. The van der Waals surface area contributed by atoms with Gasteiger partial charge in [0, 0.05) is 15.1 Å². The van der Waals surface area contributed by atoms with Crippen LogP contribution in [0.1, 0.15) is 0 Å². The number of hydrogen-bond acceptors (Lipinski definition) is 3. The van der Waals surface area contributed by atoms with Crippen molar-refractivity contribution in [1.29, 1.82) is 0 Å². The molecule has 0 aliphatic rings. The smallest absolute Gasteiger partial charge is 0.263 e. The van der Waals surface area contributed by atoms with E-state index < -0.39 is 10.0 Å². The lowest BCUT2D eigenvalue weighted by atomic mass is 10.4. The van der Waals surface area contributed by atoms with Crippen LogP contribution in [0.5, 0.6) is 0 Å². The van der Waals surface area contributed by atoms with Gasteiger partial charge in [0.05, 0.1) is 5.02 Å². The standard InChI is InChI=1S/C11H7Br2ClN2O2S/c12-7-1-3-9(13)10(5-7)19(17,18)16-11-4-2-8(14)6-15-11/h1-6H,(H,15,16). The van der Waals surface area contributed by atoms with Crippen molar-refractivity contribution >= 4 is 59.3 Å². The van der Waals surface area contributed by atoms with Gasteiger partial charge in [0.25, 0.3) is 10.0 Å². The number of anilines is 1. The van der Waals surface area contributed by atoms with Gasteiger partial charge in [-0.15, -0.1) is 0 Å². The van der Waals surface area contributed by atoms with Gasteiger partial charge in [-0.25, -0.2) is 13.4 Å². The third kappa shape index (κ3) is 3.68. The molecule has 1 aromatic carbocycles. The summed E-state index contributed by atoms with van der Waals surface area (Å²) in [6.45, 7) is 0. The highest BCUT2D eigenvalue weighted by atomic mass is 79.9. The molecule has 4 nitrogen and oxygen atoms in total. The first-order valence-electron chi connectivity index (χ1n) is 4.98. The van der Waals surface area contributed by atoms with Crippen molar-refractivity contribution in [3.63, 3.8) is 0 Å². The van der Waals surface area contributed by atoms with Crippen LogP contribution in [-0.4, -0.2) is 13.4 Å². The van der Waals surface area contributed by atoms with Gasteiger partial charge < -0.3 is 0 Å². The Morgan fingerprint density at radius 3 is 2.53 bits per heavy atom. The molecule has 0 atom stereocenters. The molecule has 100 valence electrons. The first-order chi connectivity index (χ1) is 8.88. The topological polar surface area (TPSA) is 59.1 Å². The molecule has 1 N–H and O–H groups in total. The summed E-state index contributed by atoms with van der Waals surface area (Å²) < 4.78 is 28.0. The second kappa shape index (κ2) is 5.78. The maximum atomic E-state index is 12.2. The van der Waals surface area contributed by atoms with Crippen LogP contribution in [0.15, 0.2) is 50.4 Å². The zero-order valence-electron chi connectivity index (χ0n) is 9.27. The molecule has 8 heteroatoms. The second-order valence-corrected chi connectivity index (χ2v) is 7.40. The lowest BCUT2D eigenvalue weighted by molar-refractivity contribution is 0.600. The Morgan fingerprint density at radius 1 is 1.16 bits per heavy atom. The number of hydrogen-bond donors (Lipinski definition) is 1. The van der Waals surface area contributed by atoms with Crippen molar-refractivity contribution in [2.45, 2.75) is 4.90 Å². The highest BCUT2D eigenvalue weighted by molar-refractivity contribution is 9.11. The van der Waals surface area contributed by atoms with Gasteiger partial charge in [-0.2, -0.15) is 0 Å². The summed E-state index contributed by atoms with van der Waals surface area (Å²) in [7, 11) is -3.71. The third-order valence-electron chi connectivity index (χ3n) is 2.15. The summed E-state index contributed by atoms with van der Waals surface area (Å²) in [5.41, 5.74) is 0. The molecule has 0 fully saturated rings. The molecule has 0 saturated heterocycles. The molecule has 1 aromatic heterocycles. The zero-order chi connectivity index (χ0) is 14.0. The molecule has 0 radical (unpaired) electrons. The lowest BCUT2D eigenvalue weighted by Crippen LogP contribution is -2.14.